The molecule has 1 aromatic heterocycles. The van der Waals surface area contributed by atoms with Gasteiger partial charge < -0.3 is 10.1 Å². The molecule has 0 radical (unpaired) electrons. The summed E-state index contributed by atoms with van der Waals surface area (Å²) in [5, 5.41) is 10.8. The number of hydrogen-bond acceptors (Lipinski definition) is 3. The van der Waals surface area contributed by atoms with Gasteiger partial charge in [-0.3, -0.25) is 5.10 Å². The first kappa shape index (κ1) is 16.1. The number of alkyl carbamates (subject to hydrolysis) is 1. The number of nitrogens with zero attached hydrogens (tertiary/aromatic N) is 1. The van der Waals surface area contributed by atoms with Crippen LogP contribution in [0, 0.1) is 6.92 Å². The highest BCUT2D eigenvalue weighted by atomic mass is 16.6. The molecule has 0 bridgehead atoms. The lowest BCUT2D eigenvalue weighted by atomic mass is 10.1. The number of carbonyl (C=O) groups is 1. The number of rotatable bonds is 4. The van der Waals surface area contributed by atoms with E-state index in [9.17, 15) is 4.79 Å². The normalized spacial score (nSPS) is 12.0. The van der Waals surface area contributed by atoms with Gasteiger partial charge in [-0.05, 0) is 57.4 Å². The second-order valence-electron chi connectivity index (χ2n) is 6.29. The summed E-state index contributed by atoms with van der Waals surface area (Å²) in [7, 11) is 0. The summed E-state index contributed by atoms with van der Waals surface area (Å²) < 4.78 is 5.18. The minimum atomic E-state index is -0.461. The van der Waals surface area contributed by atoms with Crippen LogP contribution in [0.1, 0.15) is 38.3 Å². The molecule has 0 spiro atoms. The Morgan fingerprint density at radius 2 is 2.18 bits per heavy atom. The Morgan fingerprint density at radius 1 is 1.41 bits per heavy atom. The van der Waals surface area contributed by atoms with E-state index >= 15 is 0 Å². The Hall–Kier alpha value is -2.30. The van der Waals surface area contributed by atoms with Gasteiger partial charge in [0.25, 0.3) is 0 Å². The van der Waals surface area contributed by atoms with Crippen LogP contribution in [0.5, 0.6) is 0 Å². The third-order valence-corrected chi connectivity index (χ3v) is 3.10. The van der Waals surface area contributed by atoms with Gasteiger partial charge in [-0.1, -0.05) is 12.2 Å². The molecule has 0 atom stereocenters. The summed E-state index contributed by atoms with van der Waals surface area (Å²) in [6.45, 7) is 8.17. The van der Waals surface area contributed by atoms with Crippen molar-refractivity contribution in [2.45, 2.75) is 39.7 Å². The Labute approximate surface area is 130 Å². The summed E-state index contributed by atoms with van der Waals surface area (Å²) in [4.78, 5) is 11.5. The van der Waals surface area contributed by atoms with Crippen LogP contribution in [0.3, 0.4) is 0 Å². The summed E-state index contributed by atoms with van der Waals surface area (Å²) in [5.74, 6) is 0. The highest BCUT2D eigenvalue weighted by molar-refractivity contribution is 5.82. The zero-order valence-corrected chi connectivity index (χ0v) is 13.6. The van der Waals surface area contributed by atoms with Gasteiger partial charge in [-0.15, -0.1) is 0 Å². The van der Waals surface area contributed by atoms with Crippen molar-refractivity contribution < 1.29 is 9.53 Å². The number of fused-ring (bicyclic) bond motifs is 1. The smallest absolute Gasteiger partial charge is 0.407 e. The zero-order valence-electron chi connectivity index (χ0n) is 13.6. The second-order valence-corrected chi connectivity index (χ2v) is 6.29. The van der Waals surface area contributed by atoms with E-state index in [2.05, 4.69) is 40.6 Å². The first-order chi connectivity index (χ1) is 10.3. The fraction of sp³-hybridized carbons (Fsp3) is 0.412. The third kappa shape index (κ3) is 4.62. The van der Waals surface area contributed by atoms with Crippen LogP contribution in [0.2, 0.25) is 0 Å². The van der Waals surface area contributed by atoms with Crippen LogP contribution in [0.4, 0.5) is 4.79 Å². The van der Waals surface area contributed by atoms with Crippen molar-refractivity contribution in [1.29, 1.82) is 0 Å². The number of aromatic amines is 1. The maximum absolute atomic E-state index is 11.5. The molecule has 0 aliphatic rings. The molecule has 2 N–H and O–H groups in total. The van der Waals surface area contributed by atoms with Crippen LogP contribution < -0.4 is 5.32 Å². The first-order valence-electron chi connectivity index (χ1n) is 7.42. The highest BCUT2D eigenvalue weighted by Crippen LogP contribution is 2.18. The SMILES string of the molecule is Cc1cc2[nH]ncc2cc1C=CCCNC(=O)OC(C)(C)C. The number of amides is 1. The molecule has 0 saturated carbocycles. The quantitative estimate of drug-likeness (QED) is 0.844. The Morgan fingerprint density at radius 3 is 2.91 bits per heavy atom. The van der Waals surface area contributed by atoms with Crippen molar-refractivity contribution in [2.24, 2.45) is 0 Å². The van der Waals surface area contributed by atoms with Crippen LogP contribution in [-0.2, 0) is 4.74 Å². The van der Waals surface area contributed by atoms with Gasteiger partial charge >= 0.3 is 6.09 Å². The van der Waals surface area contributed by atoms with Crippen molar-refractivity contribution in [3.63, 3.8) is 0 Å². The number of H-pyrrole nitrogens is 1. The monoisotopic (exact) mass is 301 g/mol. The molecule has 0 fully saturated rings. The molecule has 0 aliphatic carbocycles. The van der Waals surface area contributed by atoms with Crippen LogP contribution in [-0.4, -0.2) is 28.4 Å². The van der Waals surface area contributed by atoms with Gasteiger partial charge in [0.2, 0.25) is 0 Å². The van der Waals surface area contributed by atoms with E-state index in [4.69, 9.17) is 4.74 Å². The van der Waals surface area contributed by atoms with Crippen LogP contribution in [0.15, 0.2) is 24.4 Å². The zero-order chi connectivity index (χ0) is 16.2. The third-order valence-electron chi connectivity index (χ3n) is 3.10. The number of aromatic nitrogens is 2. The number of aryl methyl sites for hydroxylation is 1. The number of nitrogens with one attached hydrogen (secondary N) is 2. The summed E-state index contributed by atoms with van der Waals surface area (Å²) in [6.07, 6.45) is 6.31. The first-order valence-corrected chi connectivity index (χ1v) is 7.42. The molecule has 2 aromatic rings. The van der Waals surface area contributed by atoms with Crippen molar-refractivity contribution in [1.82, 2.24) is 15.5 Å². The molecule has 5 nitrogen and oxygen atoms in total. The number of benzene rings is 1. The number of ether oxygens (including phenoxy) is 1. The van der Waals surface area contributed by atoms with Crippen molar-refractivity contribution in [2.75, 3.05) is 6.54 Å². The second kappa shape index (κ2) is 6.64. The van der Waals surface area contributed by atoms with E-state index in [1.807, 2.05) is 33.0 Å². The van der Waals surface area contributed by atoms with Gasteiger partial charge in [0.1, 0.15) is 5.60 Å². The molecule has 5 heteroatoms. The minimum Gasteiger partial charge on any atom is -0.444 e. The Kier molecular flexibility index (Phi) is 4.85. The van der Waals surface area contributed by atoms with Gasteiger partial charge in [0.15, 0.2) is 0 Å². The van der Waals surface area contributed by atoms with Crippen molar-refractivity contribution >= 4 is 23.1 Å². The molecule has 1 amide bonds. The molecular weight excluding hydrogens is 278 g/mol. The predicted molar refractivity (Wildman–Crippen MR) is 88.7 cm³/mol. The van der Waals surface area contributed by atoms with Gasteiger partial charge in [-0.25, -0.2) is 4.79 Å². The lowest BCUT2D eigenvalue weighted by molar-refractivity contribution is 0.0529. The van der Waals surface area contributed by atoms with E-state index in [0.717, 1.165) is 22.9 Å². The minimum absolute atomic E-state index is 0.378. The molecule has 1 heterocycles. The fourth-order valence-electron chi connectivity index (χ4n) is 2.08. The van der Waals surface area contributed by atoms with Gasteiger partial charge in [0.05, 0.1) is 11.7 Å². The van der Waals surface area contributed by atoms with Crippen molar-refractivity contribution in [3.8, 4) is 0 Å². The standard InChI is InChI=1S/C17H23N3O2/c1-12-9-15-14(11-19-20-15)10-13(12)7-5-6-8-18-16(21)22-17(2,3)4/h5,7,9-11H,6,8H2,1-4H3,(H,18,21)(H,19,20). The lowest BCUT2D eigenvalue weighted by Gasteiger charge is -2.19. The van der Waals surface area contributed by atoms with Crippen LogP contribution >= 0.6 is 0 Å². The average Bonchev–Trinajstić information content (AvgIpc) is 2.83. The van der Waals surface area contributed by atoms with E-state index in [1.54, 1.807) is 0 Å². The van der Waals surface area contributed by atoms with Gasteiger partial charge in [-0.2, -0.15) is 5.10 Å². The number of hydrogen-bond donors (Lipinski definition) is 2. The van der Waals surface area contributed by atoms with E-state index in [-0.39, 0.29) is 6.09 Å². The summed E-state index contributed by atoms with van der Waals surface area (Å²) >= 11 is 0. The molecule has 22 heavy (non-hydrogen) atoms. The lowest BCUT2D eigenvalue weighted by Crippen LogP contribution is -2.32. The average molecular weight is 301 g/mol. The summed E-state index contributed by atoms with van der Waals surface area (Å²) in [6, 6.07) is 4.19. The highest BCUT2D eigenvalue weighted by Gasteiger charge is 2.15. The molecule has 0 unspecified atom stereocenters. The van der Waals surface area contributed by atoms with E-state index in [0.29, 0.717) is 6.54 Å². The van der Waals surface area contributed by atoms with E-state index < -0.39 is 5.60 Å². The molecule has 0 saturated heterocycles. The van der Waals surface area contributed by atoms with Crippen LogP contribution in [0.25, 0.3) is 17.0 Å². The molecule has 118 valence electrons. The topological polar surface area (TPSA) is 67.0 Å². The van der Waals surface area contributed by atoms with E-state index in [1.165, 1.54) is 5.56 Å². The Balaban J connectivity index is 1.84. The molecule has 0 aliphatic heterocycles. The fourth-order valence-corrected chi connectivity index (χ4v) is 2.08. The maximum atomic E-state index is 11.5. The predicted octanol–water partition coefficient (Wildman–Crippen LogP) is 3.80. The summed E-state index contributed by atoms with van der Waals surface area (Å²) in [5.41, 5.74) is 2.93. The molecule has 2 rings (SSSR count). The molecular formula is C17H23N3O2. The maximum Gasteiger partial charge on any atom is 0.407 e. The largest absolute Gasteiger partial charge is 0.444 e. The molecule has 1 aromatic carbocycles. The Bertz CT molecular complexity index is 681. The number of carbonyl (C=O) groups excluding carboxylic acids is 1. The van der Waals surface area contributed by atoms with Crippen molar-refractivity contribution in [3.05, 3.63) is 35.5 Å². The van der Waals surface area contributed by atoms with Gasteiger partial charge in [0, 0.05) is 11.9 Å².